The number of carbonyl (C=O) groups is 1. The minimum atomic E-state index is -0.220. The summed E-state index contributed by atoms with van der Waals surface area (Å²) >= 11 is 10.7. The molecule has 4 aromatic rings. The number of hydrazone groups is 1. The summed E-state index contributed by atoms with van der Waals surface area (Å²) in [5.74, 6) is -0.220. The van der Waals surface area contributed by atoms with Crippen molar-refractivity contribution in [1.82, 2.24) is 4.98 Å². The average Bonchev–Trinajstić information content (AvgIpc) is 3.22. The lowest BCUT2D eigenvalue weighted by molar-refractivity contribution is 0.102. The highest BCUT2D eigenvalue weighted by molar-refractivity contribution is 9.10. The third-order valence-corrected chi connectivity index (χ3v) is 6.14. The molecule has 0 radical (unpaired) electrons. The van der Waals surface area contributed by atoms with Crippen molar-refractivity contribution in [3.8, 4) is 11.3 Å². The molecule has 164 valence electrons. The Morgan fingerprint density at radius 3 is 2.45 bits per heavy atom. The summed E-state index contributed by atoms with van der Waals surface area (Å²) in [6.07, 6.45) is 5.44. The van der Waals surface area contributed by atoms with E-state index in [-0.39, 0.29) is 5.91 Å². The summed E-state index contributed by atoms with van der Waals surface area (Å²) in [4.78, 5) is 17.4. The lowest BCUT2D eigenvalue weighted by Crippen LogP contribution is -2.11. The SMILES string of the molecule is O=C(Nc1sc(N/N=C/C=C/c2ccccc2)nc1-c1ccc(Cl)cc1)c1ccc(Br)cc1. The fraction of sp³-hybridized carbons (Fsp3) is 0. The zero-order valence-corrected chi connectivity index (χ0v) is 20.4. The Kier molecular flexibility index (Phi) is 7.67. The highest BCUT2D eigenvalue weighted by atomic mass is 79.9. The molecule has 0 saturated heterocycles. The molecule has 1 heterocycles. The zero-order valence-electron chi connectivity index (χ0n) is 17.2. The molecule has 0 aliphatic rings. The van der Waals surface area contributed by atoms with Crippen LogP contribution in [0.3, 0.4) is 0 Å². The first-order chi connectivity index (χ1) is 16.1. The predicted octanol–water partition coefficient (Wildman–Crippen LogP) is 7.59. The Balaban J connectivity index is 1.53. The van der Waals surface area contributed by atoms with Crippen LogP contribution >= 0.6 is 38.9 Å². The van der Waals surface area contributed by atoms with Gasteiger partial charge in [0.15, 0.2) is 0 Å². The van der Waals surface area contributed by atoms with Gasteiger partial charge in [0, 0.05) is 26.8 Å². The number of anilines is 2. The number of aromatic nitrogens is 1. The number of allylic oxidation sites excluding steroid dienone is 1. The van der Waals surface area contributed by atoms with Gasteiger partial charge < -0.3 is 5.32 Å². The Bertz CT molecular complexity index is 1290. The monoisotopic (exact) mass is 536 g/mol. The van der Waals surface area contributed by atoms with Gasteiger partial charge in [0.05, 0.1) is 0 Å². The summed E-state index contributed by atoms with van der Waals surface area (Å²) in [7, 11) is 0. The normalized spacial score (nSPS) is 11.2. The summed E-state index contributed by atoms with van der Waals surface area (Å²) in [5, 5.41) is 8.97. The van der Waals surface area contributed by atoms with Crippen molar-refractivity contribution >= 4 is 67.2 Å². The van der Waals surface area contributed by atoms with E-state index in [4.69, 9.17) is 11.6 Å². The number of amides is 1. The third kappa shape index (κ3) is 6.38. The van der Waals surface area contributed by atoms with E-state index in [1.165, 1.54) is 11.3 Å². The Morgan fingerprint density at radius 2 is 1.73 bits per heavy atom. The highest BCUT2D eigenvalue weighted by Gasteiger charge is 2.16. The molecule has 0 spiro atoms. The van der Waals surface area contributed by atoms with Gasteiger partial charge in [-0.15, -0.1) is 0 Å². The molecule has 8 heteroatoms. The van der Waals surface area contributed by atoms with Crippen LogP contribution in [0.4, 0.5) is 10.1 Å². The topological polar surface area (TPSA) is 66.4 Å². The number of hydrogen-bond acceptors (Lipinski definition) is 5. The molecule has 1 amide bonds. The first-order valence-electron chi connectivity index (χ1n) is 9.93. The van der Waals surface area contributed by atoms with Crippen molar-refractivity contribution in [1.29, 1.82) is 0 Å². The van der Waals surface area contributed by atoms with E-state index in [2.05, 4.69) is 36.8 Å². The zero-order chi connectivity index (χ0) is 23.0. The van der Waals surface area contributed by atoms with Crippen LogP contribution in [0.15, 0.2) is 94.5 Å². The van der Waals surface area contributed by atoms with E-state index in [9.17, 15) is 4.79 Å². The fourth-order valence-electron chi connectivity index (χ4n) is 2.89. The maximum atomic E-state index is 12.8. The number of hydrogen-bond donors (Lipinski definition) is 2. The molecule has 4 rings (SSSR count). The van der Waals surface area contributed by atoms with Crippen molar-refractivity contribution in [2.45, 2.75) is 0 Å². The molecular weight excluding hydrogens is 520 g/mol. The van der Waals surface area contributed by atoms with E-state index < -0.39 is 0 Å². The summed E-state index contributed by atoms with van der Waals surface area (Å²) in [6.45, 7) is 0. The number of nitrogens with one attached hydrogen (secondary N) is 2. The fourth-order valence-corrected chi connectivity index (χ4v) is 4.11. The summed E-state index contributed by atoms with van der Waals surface area (Å²) in [5.41, 5.74) is 6.04. The minimum absolute atomic E-state index is 0.220. The second-order valence-corrected chi connectivity index (χ2v) is 9.18. The number of thiazole rings is 1. The largest absolute Gasteiger partial charge is 0.312 e. The molecular formula is C25H18BrClN4OS. The number of benzene rings is 3. The van der Waals surface area contributed by atoms with Gasteiger partial charge in [0.1, 0.15) is 10.7 Å². The van der Waals surface area contributed by atoms with Crippen LogP contribution in [0.25, 0.3) is 17.3 Å². The third-order valence-electron chi connectivity index (χ3n) is 4.49. The smallest absolute Gasteiger partial charge is 0.256 e. The quantitative estimate of drug-likeness (QED) is 0.188. The van der Waals surface area contributed by atoms with Gasteiger partial charge in [0.2, 0.25) is 5.13 Å². The maximum absolute atomic E-state index is 12.8. The van der Waals surface area contributed by atoms with Crippen LogP contribution in [0, 0.1) is 0 Å². The lowest BCUT2D eigenvalue weighted by atomic mass is 10.1. The van der Waals surface area contributed by atoms with E-state index in [0.717, 1.165) is 15.6 Å². The molecule has 0 saturated carbocycles. The standard InChI is InChI=1S/C25H18BrClN4OS/c26-20-12-8-19(9-13-20)23(32)30-24-22(18-10-14-21(27)15-11-18)29-25(33-24)31-28-16-4-7-17-5-2-1-3-6-17/h1-16H,(H,29,31)(H,30,32)/b7-4+,28-16+. The van der Waals surface area contributed by atoms with E-state index in [1.54, 1.807) is 30.5 Å². The maximum Gasteiger partial charge on any atom is 0.256 e. The summed E-state index contributed by atoms with van der Waals surface area (Å²) in [6, 6.07) is 24.4. The molecule has 0 aliphatic heterocycles. The number of nitrogens with zero attached hydrogens (tertiary/aromatic N) is 2. The molecule has 5 nitrogen and oxygen atoms in total. The lowest BCUT2D eigenvalue weighted by Gasteiger charge is -2.06. The second kappa shape index (κ2) is 11.0. The van der Waals surface area contributed by atoms with Gasteiger partial charge in [-0.2, -0.15) is 5.10 Å². The van der Waals surface area contributed by atoms with Crippen molar-refractivity contribution in [2.24, 2.45) is 5.10 Å². The van der Waals surface area contributed by atoms with E-state index in [1.807, 2.05) is 66.7 Å². The Morgan fingerprint density at radius 1 is 1.00 bits per heavy atom. The summed E-state index contributed by atoms with van der Waals surface area (Å²) < 4.78 is 0.907. The van der Waals surface area contributed by atoms with Gasteiger partial charge in [-0.1, -0.05) is 87.4 Å². The van der Waals surface area contributed by atoms with Crippen LogP contribution in [-0.4, -0.2) is 17.1 Å². The van der Waals surface area contributed by atoms with E-state index >= 15 is 0 Å². The number of halogens is 2. The van der Waals surface area contributed by atoms with E-state index in [0.29, 0.717) is 26.4 Å². The van der Waals surface area contributed by atoms with Crippen molar-refractivity contribution in [3.05, 3.63) is 106 Å². The average molecular weight is 538 g/mol. The predicted molar refractivity (Wildman–Crippen MR) is 142 cm³/mol. The number of carbonyl (C=O) groups excluding carboxylic acids is 1. The van der Waals surface area contributed by atoms with Gasteiger partial charge in [-0.3, -0.25) is 10.2 Å². The molecule has 1 aromatic heterocycles. The molecule has 3 aromatic carbocycles. The van der Waals surface area contributed by atoms with Crippen LogP contribution in [0.1, 0.15) is 15.9 Å². The van der Waals surface area contributed by atoms with Crippen molar-refractivity contribution in [3.63, 3.8) is 0 Å². The minimum Gasteiger partial charge on any atom is -0.312 e. The Hall–Kier alpha value is -3.26. The Labute approximate surface area is 209 Å². The second-order valence-electron chi connectivity index (χ2n) is 6.82. The molecule has 0 aliphatic carbocycles. The van der Waals surface area contributed by atoms with Crippen molar-refractivity contribution < 1.29 is 4.79 Å². The molecule has 0 bridgehead atoms. The first kappa shape index (κ1) is 22.9. The number of rotatable bonds is 7. The molecule has 0 unspecified atom stereocenters. The van der Waals surface area contributed by atoms with Gasteiger partial charge in [-0.05, 0) is 48.0 Å². The van der Waals surface area contributed by atoms with Crippen LogP contribution in [0.5, 0.6) is 0 Å². The molecule has 0 fully saturated rings. The molecule has 2 N–H and O–H groups in total. The highest BCUT2D eigenvalue weighted by Crippen LogP contribution is 2.36. The molecule has 0 atom stereocenters. The van der Waals surface area contributed by atoms with Crippen molar-refractivity contribution in [2.75, 3.05) is 10.7 Å². The van der Waals surface area contributed by atoms with Gasteiger partial charge in [0.25, 0.3) is 5.91 Å². The van der Waals surface area contributed by atoms with Crippen LogP contribution < -0.4 is 10.7 Å². The van der Waals surface area contributed by atoms with Crippen LogP contribution in [0.2, 0.25) is 5.02 Å². The molecule has 33 heavy (non-hydrogen) atoms. The van der Waals surface area contributed by atoms with Gasteiger partial charge >= 0.3 is 0 Å². The van der Waals surface area contributed by atoms with Gasteiger partial charge in [-0.25, -0.2) is 4.98 Å². The van der Waals surface area contributed by atoms with Crippen LogP contribution in [-0.2, 0) is 0 Å². The first-order valence-corrected chi connectivity index (χ1v) is 11.9.